The number of ether oxygens (including phenoxy) is 1. The highest BCUT2D eigenvalue weighted by Crippen LogP contribution is 2.56. The number of imide groups is 1. The Balaban J connectivity index is 1.24. The predicted molar refractivity (Wildman–Crippen MR) is 111 cm³/mol. The van der Waals surface area contributed by atoms with Gasteiger partial charge < -0.3 is 4.74 Å². The van der Waals surface area contributed by atoms with Crippen LogP contribution in [0.25, 0.3) is 10.8 Å². The average molecular weight is 383 g/mol. The van der Waals surface area contributed by atoms with Gasteiger partial charge in [-0.3, -0.25) is 14.5 Å². The van der Waals surface area contributed by atoms with E-state index in [1.54, 1.807) is 0 Å². The molecule has 0 N–H and O–H groups in total. The average Bonchev–Trinajstić information content (AvgIpc) is 3.43. The van der Waals surface area contributed by atoms with Crippen LogP contribution in [0.5, 0.6) is 11.5 Å². The molecular formula is C25H21NO3. The minimum Gasteiger partial charge on any atom is -0.457 e. The largest absolute Gasteiger partial charge is 0.457 e. The van der Waals surface area contributed by atoms with E-state index in [1.165, 1.54) is 10.3 Å². The summed E-state index contributed by atoms with van der Waals surface area (Å²) in [5.41, 5.74) is 0.652. The van der Waals surface area contributed by atoms with Gasteiger partial charge in [-0.15, -0.1) is 0 Å². The first-order valence-electron chi connectivity index (χ1n) is 10.3. The fraction of sp³-hybridized carbons (Fsp3) is 0.280. The fourth-order valence-corrected chi connectivity index (χ4v) is 5.69. The second kappa shape index (κ2) is 6.18. The molecule has 1 heterocycles. The molecule has 0 spiro atoms. The number of hydrogen-bond donors (Lipinski definition) is 0. The Hall–Kier alpha value is -3.14. The molecule has 144 valence electrons. The Labute approximate surface area is 169 Å². The highest BCUT2D eigenvalue weighted by molar-refractivity contribution is 6.22. The van der Waals surface area contributed by atoms with Gasteiger partial charge >= 0.3 is 0 Å². The van der Waals surface area contributed by atoms with Gasteiger partial charge in [0.05, 0.1) is 17.5 Å². The smallest absolute Gasteiger partial charge is 0.237 e. The first kappa shape index (κ1) is 16.8. The van der Waals surface area contributed by atoms with Crippen LogP contribution < -0.4 is 9.64 Å². The first-order chi connectivity index (χ1) is 14.2. The van der Waals surface area contributed by atoms with Gasteiger partial charge in [0, 0.05) is 0 Å². The van der Waals surface area contributed by atoms with Crippen molar-refractivity contribution in [2.24, 2.45) is 23.7 Å². The van der Waals surface area contributed by atoms with Crippen LogP contribution in [0.4, 0.5) is 5.69 Å². The van der Waals surface area contributed by atoms with Crippen molar-refractivity contribution in [3.8, 4) is 11.5 Å². The van der Waals surface area contributed by atoms with E-state index in [9.17, 15) is 9.59 Å². The van der Waals surface area contributed by atoms with Crippen molar-refractivity contribution < 1.29 is 14.3 Å². The fourth-order valence-electron chi connectivity index (χ4n) is 5.69. The maximum Gasteiger partial charge on any atom is 0.237 e. The Bertz CT molecular complexity index is 1110. The summed E-state index contributed by atoms with van der Waals surface area (Å²) >= 11 is 0. The lowest BCUT2D eigenvalue weighted by atomic mass is 9.81. The number of amides is 2. The van der Waals surface area contributed by atoms with Crippen LogP contribution in [-0.4, -0.2) is 11.8 Å². The van der Waals surface area contributed by atoms with Gasteiger partial charge in [0.25, 0.3) is 0 Å². The Morgan fingerprint density at radius 1 is 0.724 bits per heavy atom. The zero-order chi connectivity index (χ0) is 19.5. The van der Waals surface area contributed by atoms with Crippen molar-refractivity contribution in [2.75, 3.05) is 4.90 Å². The van der Waals surface area contributed by atoms with Crippen molar-refractivity contribution in [3.63, 3.8) is 0 Å². The number of nitrogens with zero attached hydrogens (tertiary/aromatic N) is 1. The van der Waals surface area contributed by atoms with Gasteiger partial charge in [-0.05, 0) is 78.3 Å². The topological polar surface area (TPSA) is 46.6 Å². The van der Waals surface area contributed by atoms with Crippen molar-refractivity contribution >= 4 is 28.3 Å². The monoisotopic (exact) mass is 383 g/mol. The first-order valence-corrected chi connectivity index (χ1v) is 10.3. The maximum atomic E-state index is 13.0. The molecule has 2 aliphatic carbocycles. The van der Waals surface area contributed by atoms with Gasteiger partial charge in [-0.1, -0.05) is 30.3 Å². The van der Waals surface area contributed by atoms with E-state index in [2.05, 4.69) is 12.1 Å². The number of anilines is 1. The molecule has 1 saturated heterocycles. The molecule has 1 aliphatic heterocycles. The second-order valence-electron chi connectivity index (χ2n) is 8.50. The minimum absolute atomic E-state index is 0.00426. The molecule has 4 heteroatoms. The van der Waals surface area contributed by atoms with E-state index in [1.807, 2.05) is 54.6 Å². The van der Waals surface area contributed by atoms with Crippen LogP contribution >= 0.6 is 0 Å². The van der Waals surface area contributed by atoms with Gasteiger partial charge in [-0.2, -0.15) is 0 Å². The van der Waals surface area contributed by atoms with Crippen molar-refractivity contribution in [1.82, 2.24) is 0 Å². The third-order valence-corrected chi connectivity index (χ3v) is 6.98. The summed E-state index contributed by atoms with van der Waals surface area (Å²) in [6.07, 6.45) is 3.24. The highest BCUT2D eigenvalue weighted by Gasteiger charge is 2.61. The zero-order valence-electron chi connectivity index (χ0n) is 16.0. The van der Waals surface area contributed by atoms with Crippen LogP contribution in [0.3, 0.4) is 0 Å². The molecule has 6 rings (SSSR count). The third kappa shape index (κ3) is 2.52. The molecule has 0 aromatic heterocycles. The van der Waals surface area contributed by atoms with Gasteiger partial charge in [-0.25, -0.2) is 0 Å². The minimum atomic E-state index is -0.0882. The number of benzene rings is 3. The molecular weight excluding hydrogens is 362 g/mol. The summed E-state index contributed by atoms with van der Waals surface area (Å²) in [5.74, 6) is 2.07. The van der Waals surface area contributed by atoms with Gasteiger partial charge in [0.15, 0.2) is 0 Å². The molecule has 3 aliphatic rings. The quantitative estimate of drug-likeness (QED) is 0.587. The van der Waals surface area contributed by atoms with Crippen LogP contribution in [0, 0.1) is 23.7 Å². The van der Waals surface area contributed by atoms with E-state index in [0.29, 0.717) is 23.3 Å². The van der Waals surface area contributed by atoms with E-state index >= 15 is 0 Å². The van der Waals surface area contributed by atoms with E-state index in [0.717, 1.165) is 30.4 Å². The molecule has 3 aromatic carbocycles. The molecule has 2 amide bonds. The molecule has 2 saturated carbocycles. The molecule has 0 radical (unpaired) electrons. The molecule has 29 heavy (non-hydrogen) atoms. The summed E-state index contributed by atoms with van der Waals surface area (Å²) in [6, 6.07) is 21.4. The third-order valence-electron chi connectivity index (χ3n) is 6.98. The normalized spacial score (nSPS) is 27.7. The number of carbonyl (C=O) groups excluding carboxylic acids is 2. The lowest BCUT2D eigenvalue weighted by molar-refractivity contribution is -0.123. The second-order valence-corrected chi connectivity index (χ2v) is 8.50. The van der Waals surface area contributed by atoms with Crippen LogP contribution in [0.1, 0.15) is 19.3 Å². The van der Waals surface area contributed by atoms with Crippen molar-refractivity contribution in [2.45, 2.75) is 19.3 Å². The number of fused-ring (bicyclic) bond motifs is 6. The standard InChI is InChI=1S/C25H21NO3/c27-24-22-17-5-6-18(13-17)23(22)25(28)26(24)19-8-11-20(12-9-19)29-21-10-7-15-3-1-2-4-16(15)14-21/h1-4,7-12,14,17-18,22-23H,5-6,13H2/t17-,18+,22-,23-/m0/s1. The van der Waals surface area contributed by atoms with Crippen LogP contribution in [0.15, 0.2) is 66.7 Å². The molecule has 2 bridgehead atoms. The van der Waals surface area contributed by atoms with Crippen molar-refractivity contribution in [3.05, 3.63) is 66.7 Å². The van der Waals surface area contributed by atoms with E-state index in [4.69, 9.17) is 4.74 Å². The number of rotatable bonds is 3. The lowest BCUT2D eigenvalue weighted by Crippen LogP contribution is -2.32. The molecule has 0 unspecified atom stereocenters. The number of hydrogen-bond acceptors (Lipinski definition) is 3. The Morgan fingerprint density at radius 2 is 1.34 bits per heavy atom. The molecule has 3 fully saturated rings. The SMILES string of the molecule is O=C1[C@H]2[C@@H]3CC[C@@H](C3)[C@@H]2C(=O)N1c1ccc(Oc2ccc3ccccc3c2)cc1. The summed E-state index contributed by atoms with van der Waals surface area (Å²) in [4.78, 5) is 27.3. The summed E-state index contributed by atoms with van der Waals surface area (Å²) in [6.45, 7) is 0. The molecule has 4 nitrogen and oxygen atoms in total. The Morgan fingerprint density at radius 3 is 2.03 bits per heavy atom. The maximum absolute atomic E-state index is 13.0. The van der Waals surface area contributed by atoms with Crippen LogP contribution in [-0.2, 0) is 9.59 Å². The predicted octanol–water partition coefficient (Wildman–Crippen LogP) is 5.17. The lowest BCUT2D eigenvalue weighted by Gasteiger charge is -2.19. The summed E-state index contributed by atoms with van der Waals surface area (Å²) in [7, 11) is 0. The Kier molecular flexibility index (Phi) is 3.58. The van der Waals surface area contributed by atoms with Gasteiger partial charge in [0.1, 0.15) is 11.5 Å². The molecule has 3 aromatic rings. The zero-order valence-corrected chi connectivity index (χ0v) is 16.0. The van der Waals surface area contributed by atoms with E-state index < -0.39 is 0 Å². The number of carbonyl (C=O) groups is 2. The highest BCUT2D eigenvalue weighted by atomic mass is 16.5. The van der Waals surface area contributed by atoms with Crippen molar-refractivity contribution in [1.29, 1.82) is 0 Å². The summed E-state index contributed by atoms with van der Waals surface area (Å²) in [5, 5.41) is 2.29. The van der Waals surface area contributed by atoms with E-state index in [-0.39, 0.29) is 23.7 Å². The van der Waals surface area contributed by atoms with Crippen LogP contribution in [0.2, 0.25) is 0 Å². The van der Waals surface area contributed by atoms with Gasteiger partial charge in [0.2, 0.25) is 11.8 Å². The summed E-state index contributed by atoms with van der Waals surface area (Å²) < 4.78 is 5.99. The molecule has 4 atom stereocenters.